The maximum atomic E-state index is 13.9. The van der Waals surface area contributed by atoms with E-state index in [2.05, 4.69) is 5.32 Å². The molecule has 26 heavy (non-hydrogen) atoms. The summed E-state index contributed by atoms with van der Waals surface area (Å²) in [6, 6.07) is 10.9. The summed E-state index contributed by atoms with van der Waals surface area (Å²) in [4.78, 5) is 16.1. The van der Waals surface area contributed by atoms with Crippen molar-refractivity contribution >= 4 is 28.2 Å². The number of aromatic hydroxyl groups is 1. The van der Waals surface area contributed by atoms with E-state index < -0.39 is 16.6 Å². The first-order chi connectivity index (χ1) is 12.5. The third-order valence-electron chi connectivity index (χ3n) is 4.28. The van der Waals surface area contributed by atoms with Crippen LogP contribution in [0.25, 0.3) is 0 Å². The lowest BCUT2D eigenvalue weighted by molar-refractivity contribution is 0.208. The molecule has 3 rings (SSSR count). The second-order valence-corrected chi connectivity index (χ2v) is 7.34. The third-order valence-corrected chi connectivity index (χ3v) is 5.23. The van der Waals surface area contributed by atoms with Crippen LogP contribution in [-0.2, 0) is 10.8 Å². The number of phenolic OH excluding ortho intramolecular Hbond substituents is 1. The highest BCUT2D eigenvalue weighted by molar-refractivity contribution is 7.84. The van der Waals surface area contributed by atoms with E-state index in [-0.39, 0.29) is 16.7 Å². The topological polar surface area (TPSA) is 72.9 Å². The van der Waals surface area contributed by atoms with E-state index in [1.807, 2.05) is 17.0 Å². The number of hydrogen-bond donors (Lipinski definition) is 2. The number of halogens is 1. The molecular weight excluding hydrogens is 357 g/mol. The Hall–Kier alpha value is -2.61. The molecule has 1 fully saturated rings. The average Bonchev–Trinajstić information content (AvgIpc) is 2.62. The summed E-state index contributed by atoms with van der Waals surface area (Å²) in [5, 5.41) is 12.6. The van der Waals surface area contributed by atoms with E-state index >= 15 is 0 Å². The molecule has 8 heteroatoms. The van der Waals surface area contributed by atoms with Crippen LogP contribution in [-0.4, -0.2) is 52.7 Å². The van der Waals surface area contributed by atoms with E-state index in [1.54, 1.807) is 17.0 Å². The van der Waals surface area contributed by atoms with Gasteiger partial charge in [0.25, 0.3) is 0 Å². The van der Waals surface area contributed by atoms with Gasteiger partial charge < -0.3 is 20.2 Å². The van der Waals surface area contributed by atoms with Crippen LogP contribution in [0.5, 0.6) is 5.75 Å². The zero-order valence-corrected chi connectivity index (χ0v) is 15.1. The summed E-state index contributed by atoms with van der Waals surface area (Å²) in [6.07, 6.45) is 1.40. The van der Waals surface area contributed by atoms with Gasteiger partial charge in [-0.25, -0.2) is 9.18 Å². The number of para-hydroxylation sites is 2. The number of nitrogens with zero attached hydrogens (tertiary/aromatic N) is 2. The van der Waals surface area contributed by atoms with Crippen LogP contribution >= 0.6 is 0 Å². The number of benzene rings is 2. The van der Waals surface area contributed by atoms with Crippen LogP contribution in [0.3, 0.4) is 0 Å². The molecule has 2 aromatic carbocycles. The van der Waals surface area contributed by atoms with Crippen LogP contribution in [0.15, 0.2) is 47.4 Å². The highest BCUT2D eigenvalue weighted by atomic mass is 32.2. The number of carbonyl (C=O) groups excluding carboxylic acids is 1. The summed E-state index contributed by atoms with van der Waals surface area (Å²) in [5.41, 5.74) is 1.07. The number of piperazine rings is 1. The van der Waals surface area contributed by atoms with Gasteiger partial charge in [-0.05, 0) is 30.3 Å². The second kappa shape index (κ2) is 7.74. The molecule has 0 saturated carbocycles. The Bertz CT molecular complexity index is 838. The van der Waals surface area contributed by atoms with E-state index in [0.717, 1.165) is 5.69 Å². The van der Waals surface area contributed by atoms with Gasteiger partial charge in [0, 0.05) is 38.1 Å². The van der Waals surface area contributed by atoms with Crippen LogP contribution in [0.1, 0.15) is 0 Å². The molecule has 1 aliphatic heterocycles. The number of rotatable bonds is 3. The number of hydrogen-bond acceptors (Lipinski definition) is 4. The molecule has 2 aromatic rings. The molecule has 0 aromatic heterocycles. The van der Waals surface area contributed by atoms with Crippen molar-refractivity contribution in [3.63, 3.8) is 0 Å². The fraction of sp³-hybridized carbons (Fsp3) is 0.278. The van der Waals surface area contributed by atoms with Crippen molar-refractivity contribution in [1.82, 2.24) is 4.90 Å². The number of phenols is 1. The molecule has 1 atom stereocenters. The van der Waals surface area contributed by atoms with Gasteiger partial charge in [0.05, 0.1) is 21.4 Å². The number of anilines is 2. The Morgan fingerprint density at radius 1 is 1.15 bits per heavy atom. The van der Waals surface area contributed by atoms with Crippen molar-refractivity contribution in [2.45, 2.75) is 4.90 Å². The van der Waals surface area contributed by atoms with Crippen molar-refractivity contribution in [2.24, 2.45) is 0 Å². The standard InChI is InChI=1S/C18H20FN3O3S/c1-26(25)17-7-6-13(12-14(17)19)20-18(24)22-10-8-21(9-11-22)15-4-2-3-5-16(15)23/h2-7,12,23H,8-11H2,1H3,(H,20,24)/t26-/m0/s1. The molecule has 2 amide bonds. The maximum absolute atomic E-state index is 13.9. The van der Waals surface area contributed by atoms with Crippen LogP contribution in [0.2, 0.25) is 0 Å². The van der Waals surface area contributed by atoms with Crippen molar-refractivity contribution < 1.29 is 18.5 Å². The van der Waals surface area contributed by atoms with Crippen LogP contribution in [0, 0.1) is 5.82 Å². The average molecular weight is 377 g/mol. The minimum absolute atomic E-state index is 0.110. The lowest BCUT2D eigenvalue weighted by atomic mass is 10.2. The Morgan fingerprint density at radius 2 is 1.85 bits per heavy atom. The first-order valence-corrected chi connectivity index (χ1v) is 9.73. The summed E-state index contributed by atoms with van der Waals surface area (Å²) in [7, 11) is -1.41. The van der Waals surface area contributed by atoms with Gasteiger partial charge in [-0.1, -0.05) is 12.1 Å². The molecule has 1 aliphatic rings. The lowest BCUT2D eigenvalue weighted by Crippen LogP contribution is -2.50. The molecule has 6 nitrogen and oxygen atoms in total. The van der Waals surface area contributed by atoms with E-state index in [0.29, 0.717) is 31.9 Å². The maximum Gasteiger partial charge on any atom is 0.321 e. The Balaban J connectivity index is 1.60. The molecule has 1 saturated heterocycles. The van der Waals surface area contributed by atoms with Gasteiger partial charge in [-0.15, -0.1) is 0 Å². The molecule has 0 unspecified atom stereocenters. The molecule has 138 valence electrons. The predicted octanol–water partition coefficient (Wildman–Crippen LogP) is 2.62. The molecule has 0 aliphatic carbocycles. The highest BCUT2D eigenvalue weighted by Gasteiger charge is 2.22. The predicted molar refractivity (Wildman–Crippen MR) is 99.6 cm³/mol. The minimum atomic E-state index is -1.41. The smallest absolute Gasteiger partial charge is 0.321 e. The summed E-state index contributed by atoms with van der Waals surface area (Å²) >= 11 is 0. The number of nitrogens with one attached hydrogen (secondary N) is 1. The summed E-state index contributed by atoms with van der Waals surface area (Å²) in [6.45, 7) is 2.15. The SMILES string of the molecule is C[S@](=O)c1ccc(NC(=O)N2CCN(c3ccccc3O)CC2)cc1F. The van der Waals surface area contributed by atoms with Crippen molar-refractivity contribution in [1.29, 1.82) is 0 Å². The van der Waals surface area contributed by atoms with Gasteiger partial charge in [0.1, 0.15) is 11.6 Å². The Labute approximate surface area is 153 Å². The molecular formula is C18H20FN3O3S. The largest absolute Gasteiger partial charge is 0.506 e. The van der Waals surface area contributed by atoms with Gasteiger partial charge in [-0.2, -0.15) is 0 Å². The summed E-state index contributed by atoms with van der Waals surface area (Å²) < 4.78 is 25.3. The van der Waals surface area contributed by atoms with Crippen molar-refractivity contribution in [3.8, 4) is 5.75 Å². The quantitative estimate of drug-likeness (QED) is 0.863. The first-order valence-electron chi connectivity index (χ1n) is 8.17. The van der Waals surface area contributed by atoms with Gasteiger partial charge in [0.2, 0.25) is 0 Å². The molecule has 2 N–H and O–H groups in total. The van der Waals surface area contributed by atoms with E-state index in [4.69, 9.17) is 0 Å². The number of urea groups is 1. The van der Waals surface area contributed by atoms with Gasteiger partial charge >= 0.3 is 6.03 Å². The van der Waals surface area contributed by atoms with Crippen LogP contribution < -0.4 is 10.2 Å². The monoisotopic (exact) mass is 377 g/mol. The molecule has 0 radical (unpaired) electrons. The van der Waals surface area contributed by atoms with Gasteiger partial charge in [0.15, 0.2) is 0 Å². The Morgan fingerprint density at radius 3 is 2.46 bits per heavy atom. The number of carbonyl (C=O) groups is 1. The molecule has 1 heterocycles. The van der Waals surface area contributed by atoms with Crippen LogP contribution in [0.4, 0.5) is 20.6 Å². The zero-order valence-electron chi connectivity index (χ0n) is 14.3. The van der Waals surface area contributed by atoms with Crippen molar-refractivity contribution in [2.75, 3.05) is 42.7 Å². The fourth-order valence-corrected chi connectivity index (χ4v) is 3.49. The van der Waals surface area contributed by atoms with E-state index in [1.165, 1.54) is 24.5 Å². The lowest BCUT2D eigenvalue weighted by Gasteiger charge is -2.36. The van der Waals surface area contributed by atoms with E-state index in [9.17, 15) is 18.5 Å². The fourth-order valence-electron chi connectivity index (χ4n) is 2.90. The van der Waals surface area contributed by atoms with Crippen molar-refractivity contribution in [3.05, 3.63) is 48.3 Å². The third kappa shape index (κ3) is 3.96. The molecule has 0 bridgehead atoms. The Kier molecular flexibility index (Phi) is 5.41. The van der Waals surface area contributed by atoms with Gasteiger partial charge in [-0.3, -0.25) is 4.21 Å². The second-order valence-electron chi connectivity index (χ2n) is 5.99. The number of amides is 2. The first kappa shape index (κ1) is 18.2. The molecule has 0 spiro atoms. The minimum Gasteiger partial charge on any atom is -0.506 e. The normalized spacial score (nSPS) is 15.6. The highest BCUT2D eigenvalue weighted by Crippen LogP contribution is 2.27. The zero-order chi connectivity index (χ0) is 18.7. The summed E-state index contributed by atoms with van der Waals surface area (Å²) in [5.74, 6) is -0.387.